The predicted octanol–water partition coefficient (Wildman–Crippen LogP) is 3.91. The van der Waals surface area contributed by atoms with Gasteiger partial charge in [-0.3, -0.25) is 0 Å². The van der Waals surface area contributed by atoms with Crippen molar-refractivity contribution < 1.29 is 14.3 Å². The largest absolute Gasteiger partial charge is 0.493 e. The molecule has 1 N–H and O–H groups in total. The van der Waals surface area contributed by atoms with Gasteiger partial charge in [0, 0.05) is 24.8 Å². The first kappa shape index (κ1) is 18.1. The molecule has 0 aliphatic carbocycles. The zero-order valence-electron chi connectivity index (χ0n) is 14.7. The average Bonchev–Trinajstić information content (AvgIpc) is 2.47. The van der Waals surface area contributed by atoms with Gasteiger partial charge in [0.2, 0.25) is 0 Å². The Balaban J connectivity index is 2.88. The molecule has 124 valence electrons. The lowest BCUT2D eigenvalue weighted by atomic mass is 10.0. The Kier molecular flexibility index (Phi) is 6.53. The molecule has 0 fully saturated rings. The molecule has 0 radical (unpaired) electrons. The summed E-state index contributed by atoms with van der Waals surface area (Å²) in [6.07, 6.45) is 0.967. The lowest BCUT2D eigenvalue weighted by molar-refractivity contribution is 0.200. The summed E-state index contributed by atoms with van der Waals surface area (Å²) in [4.78, 5) is 14.1. The van der Waals surface area contributed by atoms with Gasteiger partial charge in [-0.15, -0.1) is 0 Å². The Morgan fingerprint density at radius 1 is 1.18 bits per heavy atom. The number of ether oxygens (including phenoxy) is 2. The van der Waals surface area contributed by atoms with Gasteiger partial charge in [0.15, 0.2) is 11.5 Å². The first-order valence-electron chi connectivity index (χ1n) is 7.56. The summed E-state index contributed by atoms with van der Waals surface area (Å²) in [6, 6.07) is 3.70. The second kappa shape index (κ2) is 7.92. The van der Waals surface area contributed by atoms with Crippen LogP contribution in [0.1, 0.15) is 32.8 Å². The number of hydrogen-bond acceptors (Lipinski definition) is 3. The molecule has 0 aliphatic rings. The number of anilines is 1. The standard InChI is InChI=1S/C17H28N2O3/c1-11(2)8-13(4)19(5)17(20)18-14-10-16(22-7)15(21-6)9-12(14)3/h9-11,13H,8H2,1-7H3,(H,18,20)/t13-/m1/s1. The van der Waals surface area contributed by atoms with Crippen molar-refractivity contribution in [1.82, 2.24) is 4.90 Å². The van der Waals surface area contributed by atoms with Crippen LogP contribution in [0.2, 0.25) is 0 Å². The van der Waals surface area contributed by atoms with Gasteiger partial charge < -0.3 is 19.7 Å². The van der Waals surface area contributed by atoms with E-state index in [1.807, 2.05) is 20.0 Å². The number of amides is 2. The van der Waals surface area contributed by atoms with Gasteiger partial charge in [-0.1, -0.05) is 13.8 Å². The number of nitrogens with one attached hydrogen (secondary N) is 1. The number of carbonyl (C=O) groups excluding carboxylic acids is 1. The Bertz CT molecular complexity index is 515. The average molecular weight is 308 g/mol. The van der Waals surface area contributed by atoms with Crippen LogP contribution in [0, 0.1) is 12.8 Å². The van der Waals surface area contributed by atoms with Gasteiger partial charge in [0.1, 0.15) is 0 Å². The van der Waals surface area contributed by atoms with Crippen molar-refractivity contribution >= 4 is 11.7 Å². The number of methoxy groups -OCH3 is 2. The van der Waals surface area contributed by atoms with E-state index in [2.05, 4.69) is 26.1 Å². The van der Waals surface area contributed by atoms with Crippen molar-refractivity contribution in [2.75, 3.05) is 26.6 Å². The third-order valence-electron chi connectivity index (χ3n) is 3.77. The summed E-state index contributed by atoms with van der Waals surface area (Å²) >= 11 is 0. The summed E-state index contributed by atoms with van der Waals surface area (Å²) in [7, 11) is 4.99. The molecule has 1 aromatic rings. The van der Waals surface area contributed by atoms with Crippen LogP contribution in [-0.2, 0) is 0 Å². The molecule has 0 aromatic heterocycles. The van der Waals surface area contributed by atoms with Crippen molar-refractivity contribution in [2.45, 2.75) is 40.2 Å². The zero-order valence-corrected chi connectivity index (χ0v) is 14.7. The van der Waals surface area contributed by atoms with Gasteiger partial charge in [-0.05, 0) is 37.8 Å². The molecule has 0 unspecified atom stereocenters. The van der Waals surface area contributed by atoms with E-state index in [9.17, 15) is 4.79 Å². The Hall–Kier alpha value is -1.91. The van der Waals surface area contributed by atoms with Crippen LogP contribution in [0.25, 0.3) is 0 Å². The lowest BCUT2D eigenvalue weighted by Crippen LogP contribution is -2.39. The summed E-state index contributed by atoms with van der Waals surface area (Å²) in [6.45, 7) is 8.29. The van der Waals surface area contributed by atoms with Crippen LogP contribution in [-0.4, -0.2) is 38.2 Å². The number of aryl methyl sites for hydroxylation is 1. The topological polar surface area (TPSA) is 50.8 Å². The molecule has 0 spiro atoms. The van der Waals surface area contributed by atoms with Crippen molar-refractivity contribution in [3.63, 3.8) is 0 Å². The first-order valence-corrected chi connectivity index (χ1v) is 7.56. The van der Waals surface area contributed by atoms with E-state index in [0.29, 0.717) is 17.4 Å². The maximum Gasteiger partial charge on any atom is 0.321 e. The van der Waals surface area contributed by atoms with E-state index in [0.717, 1.165) is 17.7 Å². The number of benzene rings is 1. The molecule has 0 saturated carbocycles. The van der Waals surface area contributed by atoms with Gasteiger partial charge >= 0.3 is 6.03 Å². The molecule has 1 rings (SSSR count). The van der Waals surface area contributed by atoms with Gasteiger partial charge in [-0.2, -0.15) is 0 Å². The second-order valence-corrected chi connectivity index (χ2v) is 6.04. The SMILES string of the molecule is COc1cc(C)c(NC(=O)N(C)[C@H](C)CC(C)C)cc1OC. The maximum atomic E-state index is 12.4. The summed E-state index contributed by atoms with van der Waals surface area (Å²) in [5, 5.41) is 2.94. The molecular formula is C17H28N2O3. The van der Waals surface area contributed by atoms with E-state index in [-0.39, 0.29) is 12.1 Å². The molecule has 1 atom stereocenters. The van der Waals surface area contributed by atoms with E-state index >= 15 is 0 Å². The van der Waals surface area contributed by atoms with E-state index in [1.54, 1.807) is 25.2 Å². The molecule has 5 heteroatoms. The summed E-state index contributed by atoms with van der Waals surface area (Å²) < 4.78 is 10.5. The Morgan fingerprint density at radius 3 is 2.23 bits per heavy atom. The summed E-state index contributed by atoms with van der Waals surface area (Å²) in [5.74, 6) is 1.80. The maximum absolute atomic E-state index is 12.4. The highest BCUT2D eigenvalue weighted by molar-refractivity contribution is 5.90. The minimum absolute atomic E-state index is 0.122. The Labute approximate surface area is 133 Å². The van der Waals surface area contributed by atoms with Crippen LogP contribution in [0.3, 0.4) is 0 Å². The first-order chi connectivity index (χ1) is 10.3. The van der Waals surface area contributed by atoms with Crippen LogP contribution in [0.5, 0.6) is 11.5 Å². The number of carbonyl (C=O) groups is 1. The van der Waals surface area contributed by atoms with Crippen LogP contribution < -0.4 is 14.8 Å². The van der Waals surface area contributed by atoms with E-state index < -0.39 is 0 Å². The molecule has 0 saturated heterocycles. The third kappa shape index (κ3) is 4.55. The van der Waals surface area contributed by atoms with Gasteiger partial charge in [-0.25, -0.2) is 4.79 Å². The second-order valence-electron chi connectivity index (χ2n) is 6.04. The Morgan fingerprint density at radius 2 is 1.73 bits per heavy atom. The molecule has 5 nitrogen and oxygen atoms in total. The van der Waals surface area contributed by atoms with E-state index in [1.165, 1.54) is 0 Å². The molecule has 0 bridgehead atoms. The third-order valence-corrected chi connectivity index (χ3v) is 3.77. The number of urea groups is 1. The zero-order chi connectivity index (χ0) is 16.9. The quantitative estimate of drug-likeness (QED) is 0.867. The highest BCUT2D eigenvalue weighted by atomic mass is 16.5. The molecule has 2 amide bonds. The fourth-order valence-corrected chi connectivity index (χ4v) is 2.36. The van der Waals surface area contributed by atoms with E-state index in [4.69, 9.17) is 9.47 Å². The summed E-state index contributed by atoms with van der Waals surface area (Å²) in [5.41, 5.74) is 1.65. The van der Waals surface area contributed by atoms with Crippen LogP contribution in [0.15, 0.2) is 12.1 Å². The molecule has 0 heterocycles. The predicted molar refractivity (Wildman–Crippen MR) is 90.0 cm³/mol. The lowest BCUT2D eigenvalue weighted by Gasteiger charge is -2.27. The van der Waals surface area contributed by atoms with Gasteiger partial charge in [0.05, 0.1) is 14.2 Å². The fourth-order valence-electron chi connectivity index (χ4n) is 2.36. The molecule has 1 aromatic carbocycles. The molecular weight excluding hydrogens is 280 g/mol. The van der Waals surface area contributed by atoms with Crippen molar-refractivity contribution in [3.05, 3.63) is 17.7 Å². The highest BCUT2D eigenvalue weighted by Crippen LogP contribution is 2.33. The van der Waals surface area contributed by atoms with Crippen LogP contribution >= 0.6 is 0 Å². The molecule has 0 aliphatic heterocycles. The van der Waals surface area contributed by atoms with Crippen LogP contribution in [0.4, 0.5) is 10.5 Å². The smallest absolute Gasteiger partial charge is 0.321 e. The van der Waals surface area contributed by atoms with Crippen molar-refractivity contribution in [3.8, 4) is 11.5 Å². The minimum atomic E-state index is -0.122. The van der Waals surface area contributed by atoms with Crippen molar-refractivity contribution in [2.24, 2.45) is 5.92 Å². The number of hydrogen-bond donors (Lipinski definition) is 1. The molecule has 22 heavy (non-hydrogen) atoms. The number of nitrogens with zero attached hydrogens (tertiary/aromatic N) is 1. The highest BCUT2D eigenvalue weighted by Gasteiger charge is 2.18. The van der Waals surface area contributed by atoms with Crippen molar-refractivity contribution in [1.29, 1.82) is 0 Å². The monoisotopic (exact) mass is 308 g/mol. The van der Waals surface area contributed by atoms with Gasteiger partial charge in [0.25, 0.3) is 0 Å². The normalized spacial score (nSPS) is 12.0. The minimum Gasteiger partial charge on any atom is -0.493 e. The fraction of sp³-hybridized carbons (Fsp3) is 0.588. The number of rotatable bonds is 6.